The molecular formula is C11H23RuSi2. The molecule has 0 aromatic heterocycles. The van der Waals surface area contributed by atoms with E-state index in [1.807, 2.05) is 12.2 Å². The van der Waals surface area contributed by atoms with E-state index in [0.717, 1.165) is 6.42 Å². The Bertz CT molecular complexity index is 119. The SMILES string of the molecule is C[Si](C)C.C[Si](C)C.[C-]1=CC=CC1.[Ru+]. The molecule has 0 unspecified atom stereocenters. The van der Waals surface area contributed by atoms with Crippen LogP contribution in [0.3, 0.4) is 0 Å². The molecule has 3 heteroatoms. The maximum absolute atomic E-state index is 2.99. The molecule has 0 saturated heterocycles. The van der Waals surface area contributed by atoms with Gasteiger partial charge in [-0.3, -0.25) is 6.08 Å². The van der Waals surface area contributed by atoms with E-state index in [1.54, 1.807) is 0 Å². The molecule has 0 saturated carbocycles. The zero-order chi connectivity index (χ0) is 10.7. The average Bonchev–Trinajstić information content (AvgIpc) is 2.35. The first kappa shape index (κ1) is 20.0. The average molecular weight is 313 g/mol. The fraction of sp³-hybridized carbons (Fsp3) is 0.636. The smallest absolute Gasteiger partial charge is 0.273 e. The van der Waals surface area contributed by atoms with E-state index in [1.165, 1.54) is 0 Å². The third kappa shape index (κ3) is 54.4. The van der Waals surface area contributed by atoms with Crippen LogP contribution in [-0.2, 0) is 19.5 Å². The van der Waals surface area contributed by atoms with Crippen molar-refractivity contribution in [1.29, 1.82) is 0 Å². The first-order chi connectivity index (χ1) is 5.96. The molecule has 0 aromatic carbocycles. The molecule has 0 aliphatic heterocycles. The summed E-state index contributed by atoms with van der Waals surface area (Å²) in [7, 11) is 0.241. The molecule has 0 aromatic rings. The summed E-state index contributed by atoms with van der Waals surface area (Å²) in [4.78, 5) is 0. The molecule has 0 bridgehead atoms. The number of hydrogen-bond acceptors (Lipinski definition) is 0. The van der Waals surface area contributed by atoms with Crippen LogP contribution in [0.5, 0.6) is 0 Å². The minimum atomic E-state index is 0. The monoisotopic (exact) mass is 313 g/mol. The Morgan fingerprint density at radius 1 is 0.929 bits per heavy atom. The Balaban J connectivity index is -0.000000127. The van der Waals surface area contributed by atoms with Gasteiger partial charge >= 0.3 is 19.5 Å². The van der Waals surface area contributed by atoms with Crippen LogP contribution < -0.4 is 0 Å². The van der Waals surface area contributed by atoms with Gasteiger partial charge < -0.3 is 0 Å². The maximum atomic E-state index is 2.99. The molecule has 0 heterocycles. The van der Waals surface area contributed by atoms with Gasteiger partial charge in [0.1, 0.15) is 0 Å². The van der Waals surface area contributed by atoms with E-state index in [0.29, 0.717) is 0 Å². The third-order valence-corrected chi connectivity index (χ3v) is 0.586. The van der Waals surface area contributed by atoms with Crippen LogP contribution in [0.25, 0.3) is 0 Å². The number of allylic oxidation sites excluding steroid dienone is 4. The summed E-state index contributed by atoms with van der Waals surface area (Å²) in [5.74, 6) is 0. The van der Waals surface area contributed by atoms with Gasteiger partial charge in [0, 0.05) is 17.6 Å². The van der Waals surface area contributed by atoms with E-state index in [4.69, 9.17) is 0 Å². The molecule has 0 spiro atoms. The van der Waals surface area contributed by atoms with Crippen molar-refractivity contribution in [2.75, 3.05) is 0 Å². The second kappa shape index (κ2) is 16.0. The first-order valence-electron chi connectivity index (χ1n) is 4.72. The second-order valence-electron chi connectivity index (χ2n) is 4.00. The Kier molecular flexibility index (Phi) is 22.9. The molecule has 0 atom stereocenters. The first-order valence-corrected chi connectivity index (χ1v) is 10.7. The van der Waals surface area contributed by atoms with Gasteiger partial charge in [0.05, 0.1) is 0 Å². The molecule has 1 aliphatic carbocycles. The van der Waals surface area contributed by atoms with Crippen molar-refractivity contribution in [3.05, 3.63) is 24.3 Å². The zero-order valence-corrected chi connectivity index (χ0v) is 14.0. The summed E-state index contributed by atoms with van der Waals surface area (Å²) >= 11 is 0. The van der Waals surface area contributed by atoms with Crippen LogP contribution in [0.2, 0.25) is 39.3 Å². The Morgan fingerprint density at radius 2 is 1.29 bits per heavy atom. The van der Waals surface area contributed by atoms with Gasteiger partial charge in [0.25, 0.3) is 0 Å². The van der Waals surface area contributed by atoms with Gasteiger partial charge in [0.2, 0.25) is 0 Å². The predicted octanol–water partition coefficient (Wildman–Crippen LogP) is 4.04. The topological polar surface area (TPSA) is 0 Å². The number of hydrogen-bond donors (Lipinski definition) is 0. The molecule has 14 heavy (non-hydrogen) atoms. The van der Waals surface area contributed by atoms with E-state index in [9.17, 15) is 0 Å². The standard InChI is InChI=1S/C5H5.2C3H9Si.Ru/c1-2-4-5-3-1;2*1-4(2)3;/h1-3H,4H2;2*1-3H3;/q-1;;;+1. The van der Waals surface area contributed by atoms with Crippen molar-refractivity contribution in [2.45, 2.75) is 45.7 Å². The summed E-state index contributed by atoms with van der Waals surface area (Å²) < 4.78 is 0. The largest absolute Gasteiger partial charge is 1.00 e. The van der Waals surface area contributed by atoms with Crippen LogP contribution in [0, 0.1) is 6.08 Å². The quantitative estimate of drug-likeness (QED) is 0.468. The van der Waals surface area contributed by atoms with E-state index in [-0.39, 0.29) is 37.1 Å². The maximum Gasteiger partial charge on any atom is 1.00 e. The molecule has 1 rings (SSSR count). The van der Waals surface area contributed by atoms with Gasteiger partial charge in [-0.2, -0.15) is 6.08 Å². The minimum absolute atomic E-state index is 0. The number of rotatable bonds is 0. The Hall–Kier alpha value is 0.537. The molecule has 1 aliphatic rings. The van der Waals surface area contributed by atoms with Gasteiger partial charge in [0.15, 0.2) is 0 Å². The molecule has 0 amide bonds. The van der Waals surface area contributed by atoms with Crippen LogP contribution in [0.15, 0.2) is 18.2 Å². The van der Waals surface area contributed by atoms with Gasteiger partial charge in [-0.15, -0.1) is 6.42 Å². The van der Waals surface area contributed by atoms with Gasteiger partial charge in [-0.1, -0.05) is 39.3 Å². The van der Waals surface area contributed by atoms with Crippen LogP contribution in [0.1, 0.15) is 6.42 Å². The zero-order valence-electron chi connectivity index (χ0n) is 10.3. The van der Waals surface area contributed by atoms with E-state index < -0.39 is 0 Å². The third-order valence-electron chi connectivity index (χ3n) is 0.586. The molecule has 0 fully saturated rings. The van der Waals surface area contributed by atoms with Gasteiger partial charge in [-0.25, -0.2) is 12.2 Å². The molecule has 3 radical (unpaired) electrons. The summed E-state index contributed by atoms with van der Waals surface area (Å²) in [5, 5.41) is 0. The summed E-state index contributed by atoms with van der Waals surface area (Å²) in [5.41, 5.74) is 0. The van der Waals surface area contributed by atoms with Crippen LogP contribution in [-0.4, -0.2) is 17.6 Å². The van der Waals surface area contributed by atoms with Crippen molar-refractivity contribution < 1.29 is 19.5 Å². The molecular weight excluding hydrogens is 289 g/mol. The van der Waals surface area contributed by atoms with Crippen LogP contribution in [0.4, 0.5) is 0 Å². The Morgan fingerprint density at radius 3 is 1.36 bits per heavy atom. The summed E-state index contributed by atoms with van der Waals surface area (Å²) in [6, 6.07) is 0. The predicted molar refractivity (Wildman–Crippen MR) is 68.3 cm³/mol. The second-order valence-corrected chi connectivity index (χ2v) is 10.0. The van der Waals surface area contributed by atoms with Crippen molar-refractivity contribution in [1.82, 2.24) is 0 Å². The van der Waals surface area contributed by atoms with E-state index in [2.05, 4.69) is 51.4 Å². The van der Waals surface area contributed by atoms with Crippen molar-refractivity contribution >= 4 is 17.6 Å². The van der Waals surface area contributed by atoms with Crippen molar-refractivity contribution in [3.8, 4) is 0 Å². The summed E-state index contributed by atoms with van der Waals surface area (Å²) in [6.07, 6.45) is 10.0. The molecule has 0 nitrogen and oxygen atoms in total. The summed E-state index contributed by atoms with van der Waals surface area (Å²) in [6.45, 7) is 13.6. The Labute approximate surface area is 107 Å². The van der Waals surface area contributed by atoms with E-state index >= 15 is 0 Å². The van der Waals surface area contributed by atoms with Gasteiger partial charge in [-0.05, 0) is 0 Å². The molecule has 0 N–H and O–H groups in total. The minimum Gasteiger partial charge on any atom is -0.273 e. The normalized spacial score (nSPS) is 11.4. The molecule has 83 valence electrons. The fourth-order valence-corrected chi connectivity index (χ4v) is 0.340. The fourth-order valence-electron chi connectivity index (χ4n) is 0.340. The van der Waals surface area contributed by atoms with Crippen LogP contribution >= 0.6 is 0 Å². The van der Waals surface area contributed by atoms with Crippen molar-refractivity contribution in [3.63, 3.8) is 0 Å². The van der Waals surface area contributed by atoms with Crippen molar-refractivity contribution in [2.24, 2.45) is 0 Å².